The average molecular weight is 385 g/mol. The van der Waals surface area contributed by atoms with Crippen LogP contribution in [0, 0.1) is 6.92 Å². The third kappa shape index (κ3) is 4.03. The minimum Gasteiger partial charge on any atom is -0.496 e. The van der Waals surface area contributed by atoms with Crippen molar-refractivity contribution in [2.75, 3.05) is 25.2 Å². The summed E-state index contributed by atoms with van der Waals surface area (Å²) in [6.45, 7) is 7.52. The molecule has 0 radical (unpaired) electrons. The van der Waals surface area contributed by atoms with Gasteiger partial charge >= 0.3 is 5.97 Å². The van der Waals surface area contributed by atoms with Crippen molar-refractivity contribution in [3.05, 3.63) is 52.2 Å². The van der Waals surface area contributed by atoms with Gasteiger partial charge < -0.3 is 26.0 Å². The van der Waals surface area contributed by atoms with E-state index in [4.69, 9.17) is 20.9 Å². The molecule has 150 valence electrons. The van der Waals surface area contributed by atoms with E-state index >= 15 is 0 Å². The van der Waals surface area contributed by atoms with Crippen molar-refractivity contribution in [1.82, 2.24) is 4.98 Å². The maximum atomic E-state index is 12.2. The standard InChI is InChI=1S/C21H27N3O4/c1-6-28-20-18(19(23)12(4)10-24-20)17(16(11(2)3)21(25)26)14-8-7-13(22)9-15(14)27-5/h7-10,17H,6,22H2,1-5H3,(H2,23,24)(H,25,26). The molecule has 5 N–H and O–H groups in total. The van der Waals surface area contributed by atoms with Gasteiger partial charge in [0.25, 0.3) is 0 Å². The second kappa shape index (κ2) is 8.65. The van der Waals surface area contributed by atoms with Gasteiger partial charge in [-0.15, -0.1) is 0 Å². The van der Waals surface area contributed by atoms with Crippen LogP contribution in [0.3, 0.4) is 0 Å². The van der Waals surface area contributed by atoms with Crippen molar-refractivity contribution >= 4 is 17.3 Å². The van der Waals surface area contributed by atoms with Crippen LogP contribution in [0.2, 0.25) is 0 Å². The van der Waals surface area contributed by atoms with Gasteiger partial charge in [-0.1, -0.05) is 11.6 Å². The lowest BCUT2D eigenvalue weighted by atomic mass is 9.81. The number of hydrogen-bond donors (Lipinski definition) is 3. The van der Waals surface area contributed by atoms with Crippen molar-refractivity contribution in [3.8, 4) is 11.6 Å². The van der Waals surface area contributed by atoms with Crippen LogP contribution in [0.5, 0.6) is 11.6 Å². The van der Waals surface area contributed by atoms with Gasteiger partial charge in [0.2, 0.25) is 5.88 Å². The van der Waals surface area contributed by atoms with Crippen LogP contribution in [0.15, 0.2) is 35.5 Å². The third-order valence-electron chi connectivity index (χ3n) is 4.52. The van der Waals surface area contributed by atoms with E-state index in [1.54, 1.807) is 38.2 Å². The van der Waals surface area contributed by atoms with Crippen LogP contribution >= 0.6 is 0 Å². The van der Waals surface area contributed by atoms with Crippen LogP contribution in [0.4, 0.5) is 11.4 Å². The summed E-state index contributed by atoms with van der Waals surface area (Å²) in [6, 6.07) is 5.11. The Morgan fingerprint density at radius 3 is 2.50 bits per heavy atom. The number of anilines is 2. The normalized spacial score (nSPS) is 11.6. The number of methoxy groups -OCH3 is 1. The van der Waals surface area contributed by atoms with Gasteiger partial charge in [-0.05, 0) is 39.3 Å². The van der Waals surface area contributed by atoms with Crippen molar-refractivity contribution in [2.45, 2.75) is 33.6 Å². The first kappa shape index (κ1) is 21.1. The molecule has 0 fully saturated rings. The number of pyridine rings is 1. The number of nitrogen functional groups attached to an aromatic ring is 2. The van der Waals surface area contributed by atoms with E-state index in [-0.39, 0.29) is 5.57 Å². The average Bonchev–Trinajstić information content (AvgIpc) is 2.63. The van der Waals surface area contributed by atoms with Gasteiger partial charge in [-0.25, -0.2) is 9.78 Å². The second-order valence-corrected chi connectivity index (χ2v) is 6.66. The highest BCUT2D eigenvalue weighted by molar-refractivity contribution is 5.91. The van der Waals surface area contributed by atoms with E-state index in [1.165, 1.54) is 7.11 Å². The molecule has 28 heavy (non-hydrogen) atoms. The number of nitrogens with two attached hydrogens (primary N) is 2. The molecule has 7 heteroatoms. The van der Waals surface area contributed by atoms with Gasteiger partial charge in [0.15, 0.2) is 0 Å². The van der Waals surface area contributed by atoms with E-state index < -0.39 is 11.9 Å². The molecule has 0 saturated carbocycles. The molecule has 2 aromatic rings. The number of carbonyl (C=O) groups is 1. The third-order valence-corrected chi connectivity index (χ3v) is 4.52. The van der Waals surface area contributed by atoms with E-state index in [1.807, 2.05) is 13.8 Å². The Kier molecular flexibility index (Phi) is 6.51. The number of allylic oxidation sites excluding steroid dienone is 1. The van der Waals surface area contributed by atoms with Gasteiger partial charge in [-0.2, -0.15) is 0 Å². The van der Waals surface area contributed by atoms with Gasteiger partial charge in [0.05, 0.1) is 19.6 Å². The summed E-state index contributed by atoms with van der Waals surface area (Å²) < 4.78 is 11.2. The maximum Gasteiger partial charge on any atom is 0.332 e. The molecule has 1 aromatic heterocycles. The number of benzene rings is 1. The summed E-state index contributed by atoms with van der Waals surface area (Å²) in [6.07, 6.45) is 1.62. The highest BCUT2D eigenvalue weighted by atomic mass is 16.5. The molecule has 1 heterocycles. The molecule has 1 aromatic carbocycles. The number of aryl methyl sites for hydroxylation is 1. The van der Waals surface area contributed by atoms with Crippen molar-refractivity contribution in [2.24, 2.45) is 0 Å². The number of aromatic nitrogens is 1. The number of rotatable bonds is 7. The number of aliphatic carboxylic acids is 1. The lowest BCUT2D eigenvalue weighted by Gasteiger charge is -2.26. The van der Waals surface area contributed by atoms with Crippen LogP contribution in [-0.2, 0) is 4.79 Å². The Bertz CT molecular complexity index is 918. The van der Waals surface area contributed by atoms with Crippen LogP contribution in [-0.4, -0.2) is 29.8 Å². The smallest absolute Gasteiger partial charge is 0.332 e. The largest absolute Gasteiger partial charge is 0.496 e. The fourth-order valence-corrected chi connectivity index (χ4v) is 3.20. The summed E-state index contributed by atoms with van der Waals surface area (Å²) >= 11 is 0. The summed E-state index contributed by atoms with van der Waals surface area (Å²) in [4.78, 5) is 16.6. The zero-order chi connectivity index (χ0) is 21.0. The highest BCUT2D eigenvalue weighted by Crippen LogP contribution is 2.45. The zero-order valence-electron chi connectivity index (χ0n) is 16.9. The summed E-state index contributed by atoms with van der Waals surface area (Å²) in [5.74, 6) is -1.03. The van der Waals surface area contributed by atoms with E-state index in [9.17, 15) is 9.90 Å². The van der Waals surface area contributed by atoms with Crippen LogP contribution in [0.25, 0.3) is 0 Å². The minimum absolute atomic E-state index is 0.183. The van der Waals surface area contributed by atoms with E-state index in [0.717, 1.165) is 5.56 Å². The fourth-order valence-electron chi connectivity index (χ4n) is 3.20. The molecule has 0 aliphatic heterocycles. The molecule has 0 spiro atoms. The zero-order valence-corrected chi connectivity index (χ0v) is 16.9. The van der Waals surface area contributed by atoms with Crippen molar-refractivity contribution in [1.29, 1.82) is 0 Å². The van der Waals surface area contributed by atoms with Gasteiger partial charge in [0.1, 0.15) is 5.75 Å². The summed E-state index contributed by atoms with van der Waals surface area (Å²) in [5.41, 5.74) is 15.9. The van der Waals surface area contributed by atoms with Crippen molar-refractivity contribution < 1.29 is 19.4 Å². The minimum atomic E-state index is -1.05. The van der Waals surface area contributed by atoms with Crippen LogP contribution in [0.1, 0.15) is 43.4 Å². The lowest BCUT2D eigenvalue weighted by molar-refractivity contribution is -0.132. The van der Waals surface area contributed by atoms with Gasteiger partial charge in [0, 0.05) is 40.3 Å². The fraction of sp³-hybridized carbons (Fsp3) is 0.333. The number of hydrogen-bond acceptors (Lipinski definition) is 6. The molecule has 0 aliphatic rings. The molecule has 1 atom stereocenters. The lowest BCUT2D eigenvalue weighted by Crippen LogP contribution is -2.19. The molecule has 0 bridgehead atoms. The Balaban J connectivity index is 2.96. The first-order valence-electron chi connectivity index (χ1n) is 8.94. The number of nitrogens with zero attached hydrogens (tertiary/aromatic N) is 1. The molecule has 1 unspecified atom stereocenters. The summed E-state index contributed by atoms with van der Waals surface area (Å²) in [7, 11) is 1.51. The SMILES string of the molecule is CCOc1ncc(C)c(N)c1C(C(C(=O)O)=C(C)C)c1ccc(N)cc1OC. The Morgan fingerprint density at radius 1 is 1.29 bits per heavy atom. The summed E-state index contributed by atoms with van der Waals surface area (Å²) in [5, 5.41) is 10.0. The number of ether oxygens (including phenoxy) is 2. The molecular formula is C21H27N3O4. The molecule has 0 aliphatic carbocycles. The first-order chi connectivity index (χ1) is 13.2. The predicted octanol–water partition coefficient (Wildman–Crippen LogP) is 3.51. The monoisotopic (exact) mass is 385 g/mol. The Labute approximate surface area is 165 Å². The Hall–Kier alpha value is -3.22. The second-order valence-electron chi connectivity index (χ2n) is 6.66. The number of carboxylic acid groups (broad SMARTS) is 1. The topological polar surface area (TPSA) is 121 Å². The molecule has 0 amide bonds. The predicted molar refractivity (Wildman–Crippen MR) is 110 cm³/mol. The number of carboxylic acids is 1. The highest BCUT2D eigenvalue weighted by Gasteiger charge is 2.33. The maximum absolute atomic E-state index is 12.2. The van der Waals surface area contributed by atoms with Crippen LogP contribution < -0.4 is 20.9 Å². The molecule has 0 saturated heterocycles. The Morgan fingerprint density at radius 2 is 1.96 bits per heavy atom. The first-order valence-corrected chi connectivity index (χ1v) is 8.94. The molecule has 7 nitrogen and oxygen atoms in total. The van der Waals surface area contributed by atoms with Gasteiger partial charge in [-0.3, -0.25) is 0 Å². The molecular weight excluding hydrogens is 358 g/mol. The van der Waals surface area contributed by atoms with E-state index in [0.29, 0.717) is 46.3 Å². The molecule has 2 rings (SSSR count). The quantitative estimate of drug-likeness (QED) is 0.492. The van der Waals surface area contributed by atoms with E-state index in [2.05, 4.69) is 4.98 Å². The van der Waals surface area contributed by atoms with Crippen molar-refractivity contribution in [3.63, 3.8) is 0 Å².